The lowest BCUT2D eigenvalue weighted by Crippen LogP contribution is -2.43. The number of ether oxygens (including phenoxy) is 2. The van der Waals surface area contributed by atoms with Crippen LogP contribution in [0.5, 0.6) is 5.75 Å². The van der Waals surface area contributed by atoms with E-state index in [-0.39, 0.29) is 6.61 Å². The number of nitrogens with one attached hydrogen (secondary N) is 1. The normalized spacial score (nSPS) is 14.0. The molecule has 1 atom stereocenters. The number of methoxy groups -OCH3 is 1. The predicted octanol–water partition coefficient (Wildman–Crippen LogP) is 2.00. The topological polar surface area (TPSA) is 50.7 Å². The van der Waals surface area contributed by atoms with Gasteiger partial charge in [-0.25, -0.2) is 0 Å². The summed E-state index contributed by atoms with van der Waals surface area (Å²) in [4.78, 5) is 0. The van der Waals surface area contributed by atoms with E-state index in [0.29, 0.717) is 6.54 Å². The maximum absolute atomic E-state index is 10.2. The van der Waals surface area contributed by atoms with Crippen molar-refractivity contribution in [3.63, 3.8) is 0 Å². The van der Waals surface area contributed by atoms with Crippen LogP contribution in [0.1, 0.15) is 25.8 Å². The van der Waals surface area contributed by atoms with Crippen LogP contribution in [0.2, 0.25) is 0 Å². The SMILES string of the molecule is CCCNCC(C)(O)COc1ccc(CCOC)cc1. The Morgan fingerprint density at radius 3 is 2.55 bits per heavy atom. The fraction of sp³-hybridized carbons (Fsp3) is 0.625. The molecule has 1 unspecified atom stereocenters. The zero-order valence-electron chi connectivity index (χ0n) is 12.8. The standard InChI is InChI=1S/C16H27NO3/c1-4-10-17-12-16(2,18)13-20-15-7-5-14(6-8-15)9-11-19-3/h5-8,17-18H,4,9-13H2,1-3H3. The van der Waals surface area contributed by atoms with Gasteiger partial charge in [-0.1, -0.05) is 19.1 Å². The summed E-state index contributed by atoms with van der Waals surface area (Å²) in [7, 11) is 1.70. The van der Waals surface area contributed by atoms with E-state index in [1.165, 1.54) is 5.56 Å². The van der Waals surface area contributed by atoms with E-state index in [4.69, 9.17) is 9.47 Å². The minimum atomic E-state index is -0.857. The van der Waals surface area contributed by atoms with Gasteiger partial charge in [0.1, 0.15) is 18.0 Å². The lowest BCUT2D eigenvalue weighted by molar-refractivity contribution is 0.0125. The van der Waals surface area contributed by atoms with E-state index < -0.39 is 5.60 Å². The first-order valence-corrected chi connectivity index (χ1v) is 7.21. The molecule has 0 aliphatic rings. The molecule has 0 amide bonds. The van der Waals surface area contributed by atoms with Gasteiger partial charge in [-0.05, 0) is 44.0 Å². The number of rotatable bonds is 10. The van der Waals surface area contributed by atoms with Crippen LogP contribution in [0, 0.1) is 0 Å². The van der Waals surface area contributed by atoms with E-state index in [0.717, 1.165) is 31.7 Å². The molecule has 0 saturated heterocycles. The fourth-order valence-corrected chi connectivity index (χ4v) is 1.80. The van der Waals surface area contributed by atoms with Crippen LogP contribution in [0.3, 0.4) is 0 Å². The maximum Gasteiger partial charge on any atom is 0.119 e. The van der Waals surface area contributed by atoms with Gasteiger partial charge in [-0.2, -0.15) is 0 Å². The average Bonchev–Trinajstić information content (AvgIpc) is 2.44. The Hall–Kier alpha value is -1.10. The number of benzene rings is 1. The Morgan fingerprint density at radius 2 is 1.95 bits per heavy atom. The summed E-state index contributed by atoms with van der Waals surface area (Å²) >= 11 is 0. The lowest BCUT2D eigenvalue weighted by Gasteiger charge is -2.24. The second kappa shape index (κ2) is 8.95. The molecule has 0 radical (unpaired) electrons. The van der Waals surface area contributed by atoms with Gasteiger partial charge in [0.25, 0.3) is 0 Å². The quantitative estimate of drug-likeness (QED) is 0.644. The Morgan fingerprint density at radius 1 is 1.25 bits per heavy atom. The molecule has 4 heteroatoms. The van der Waals surface area contributed by atoms with Crippen molar-refractivity contribution in [2.45, 2.75) is 32.3 Å². The largest absolute Gasteiger partial charge is 0.491 e. The summed E-state index contributed by atoms with van der Waals surface area (Å²) in [5.74, 6) is 0.780. The van der Waals surface area contributed by atoms with Crippen molar-refractivity contribution in [3.8, 4) is 5.75 Å². The number of aliphatic hydroxyl groups is 1. The molecule has 1 aromatic rings. The summed E-state index contributed by atoms with van der Waals surface area (Å²) in [6.07, 6.45) is 1.95. The summed E-state index contributed by atoms with van der Waals surface area (Å²) in [6, 6.07) is 7.91. The van der Waals surface area contributed by atoms with Crippen LogP contribution in [0.4, 0.5) is 0 Å². The smallest absolute Gasteiger partial charge is 0.119 e. The second-order valence-electron chi connectivity index (χ2n) is 5.35. The van der Waals surface area contributed by atoms with E-state index in [1.54, 1.807) is 14.0 Å². The van der Waals surface area contributed by atoms with Gasteiger partial charge in [0.05, 0.1) is 6.61 Å². The molecule has 20 heavy (non-hydrogen) atoms. The van der Waals surface area contributed by atoms with E-state index >= 15 is 0 Å². The molecule has 0 spiro atoms. The van der Waals surface area contributed by atoms with E-state index in [2.05, 4.69) is 12.2 Å². The third-order valence-corrected chi connectivity index (χ3v) is 3.00. The van der Waals surface area contributed by atoms with Gasteiger partial charge >= 0.3 is 0 Å². The van der Waals surface area contributed by atoms with Gasteiger partial charge < -0.3 is 19.9 Å². The zero-order valence-corrected chi connectivity index (χ0v) is 12.8. The molecular formula is C16H27NO3. The van der Waals surface area contributed by atoms with Gasteiger partial charge in [-0.3, -0.25) is 0 Å². The molecule has 1 aromatic carbocycles. The van der Waals surface area contributed by atoms with Gasteiger partial charge in [0.15, 0.2) is 0 Å². The first kappa shape index (κ1) is 17.0. The van der Waals surface area contributed by atoms with Crippen LogP contribution >= 0.6 is 0 Å². The van der Waals surface area contributed by atoms with Crippen molar-refractivity contribution >= 4 is 0 Å². The fourth-order valence-electron chi connectivity index (χ4n) is 1.80. The zero-order chi connectivity index (χ0) is 14.8. The maximum atomic E-state index is 10.2. The number of hydrogen-bond donors (Lipinski definition) is 2. The van der Waals surface area contributed by atoms with Gasteiger partial charge in [0.2, 0.25) is 0 Å². The van der Waals surface area contributed by atoms with Crippen LogP contribution in [0.25, 0.3) is 0 Å². The van der Waals surface area contributed by atoms with E-state index in [9.17, 15) is 5.11 Å². The van der Waals surface area contributed by atoms with Crippen molar-refractivity contribution in [1.82, 2.24) is 5.32 Å². The molecule has 0 aromatic heterocycles. The van der Waals surface area contributed by atoms with Crippen LogP contribution in [-0.2, 0) is 11.2 Å². The summed E-state index contributed by atoms with van der Waals surface area (Å²) < 4.78 is 10.7. The summed E-state index contributed by atoms with van der Waals surface area (Å²) in [5.41, 5.74) is 0.361. The average molecular weight is 281 g/mol. The molecule has 0 aliphatic carbocycles. The monoisotopic (exact) mass is 281 g/mol. The highest BCUT2D eigenvalue weighted by atomic mass is 16.5. The van der Waals surface area contributed by atoms with Gasteiger partial charge in [0, 0.05) is 13.7 Å². The Bertz CT molecular complexity index is 362. The Labute approximate surface area is 122 Å². The molecule has 114 valence electrons. The highest BCUT2D eigenvalue weighted by Crippen LogP contribution is 2.14. The van der Waals surface area contributed by atoms with Crippen LogP contribution in [-0.4, -0.2) is 44.1 Å². The molecular weight excluding hydrogens is 254 g/mol. The molecule has 0 heterocycles. The van der Waals surface area contributed by atoms with Crippen molar-refractivity contribution in [3.05, 3.63) is 29.8 Å². The molecule has 4 nitrogen and oxygen atoms in total. The van der Waals surface area contributed by atoms with Crippen LogP contribution in [0.15, 0.2) is 24.3 Å². The molecule has 1 rings (SSSR count). The summed E-state index contributed by atoms with van der Waals surface area (Å²) in [6.45, 7) is 6.32. The number of hydrogen-bond acceptors (Lipinski definition) is 4. The summed E-state index contributed by atoms with van der Waals surface area (Å²) in [5, 5.41) is 13.4. The molecule has 2 N–H and O–H groups in total. The highest BCUT2D eigenvalue weighted by molar-refractivity contribution is 5.27. The molecule has 0 saturated carbocycles. The van der Waals surface area contributed by atoms with Crippen molar-refractivity contribution in [2.24, 2.45) is 0 Å². The molecule has 0 aliphatic heterocycles. The minimum Gasteiger partial charge on any atom is -0.491 e. The minimum absolute atomic E-state index is 0.279. The van der Waals surface area contributed by atoms with Crippen molar-refractivity contribution in [2.75, 3.05) is 33.4 Å². The van der Waals surface area contributed by atoms with E-state index in [1.807, 2.05) is 24.3 Å². The third-order valence-electron chi connectivity index (χ3n) is 3.00. The van der Waals surface area contributed by atoms with Crippen molar-refractivity contribution in [1.29, 1.82) is 0 Å². The Kier molecular flexibility index (Phi) is 7.59. The van der Waals surface area contributed by atoms with Gasteiger partial charge in [-0.15, -0.1) is 0 Å². The molecule has 0 fully saturated rings. The Balaban J connectivity index is 2.36. The third kappa shape index (κ3) is 6.89. The molecule has 0 bridgehead atoms. The first-order valence-electron chi connectivity index (χ1n) is 7.21. The van der Waals surface area contributed by atoms with Crippen molar-refractivity contribution < 1.29 is 14.6 Å². The van der Waals surface area contributed by atoms with Crippen LogP contribution < -0.4 is 10.1 Å². The first-order chi connectivity index (χ1) is 9.57. The lowest BCUT2D eigenvalue weighted by atomic mass is 10.1. The second-order valence-corrected chi connectivity index (χ2v) is 5.35. The predicted molar refractivity (Wildman–Crippen MR) is 81.3 cm³/mol. The highest BCUT2D eigenvalue weighted by Gasteiger charge is 2.20.